The molecular weight excluding hydrogens is 184 g/mol. The summed E-state index contributed by atoms with van der Waals surface area (Å²) in [7, 11) is 0. The third-order valence-electron chi connectivity index (χ3n) is 3.36. The predicted octanol–water partition coefficient (Wildman–Crippen LogP) is 4.00. The van der Waals surface area contributed by atoms with Gasteiger partial charge in [-0.1, -0.05) is 32.9 Å². The minimum absolute atomic E-state index is 0.546. The van der Waals surface area contributed by atoms with E-state index in [0.29, 0.717) is 11.8 Å². The van der Waals surface area contributed by atoms with Crippen molar-refractivity contribution in [2.45, 2.75) is 46.0 Å². The third-order valence-corrected chi connectivity index (χ3v) is 3.36. The number of hydrogen-bond donors (Lipinski definition) is 0. The van der Waals surface area contributed by atoms with Crippen LogP contribution in [0.3, 0.4) is 0 Å². The normalized spacial score (nSPS) is 19.9. The highest BCUT2D eigenvalue weighted by Crippen LogP contribution is 2.40. The maximum absolute atomic E-state index is 5.87. The lowest BCUT2D eigenvalue weighted by Crippen LogP contribution is -2.15. The summed E-state index contributed by atoms with van der Waals surface area (Å²) < 4.78 is 5.87. The van der Waals surface area contributed by atoms with Crippen molar-refractivity contribution < 1.29 is 4.74 Å². The van der Waals surface area contributed by atoms with Gasteiger partial charge in [-0.15, -0.1) is 0 Å². The first-order valence-electron chi connectivity index (χ1n) is 5.87. The van der Waals surface area contributed by atoms with Gasteiger partial charge >= 0.3 is 0 Å². The van der Waals surface area contributed by atoms with Crippen LogP contribution in [0.25, 0.3) is 0 Å². The summed E-state index contributed by atoms with van der Waals surface area (Å²) in [6.45, 7) is 9.82. The fraction of sp³-hybridized carbons (Fsp3) is 0.571. The van der Waals surface area contributed by atoms with Crippen LogP contribution in [0, 0.1) is 6.92 Å². The molecule has 15 heavy (non-hydrogen) atoms. The molecule has 0 N–H and O–H groups in total. The van der Waals surface area contributed by atoms with Crippen LogP contribution in [0.4, 0.5) is 0 Å². The average Bonchev–Trinajstić information content (AvgIpc) is 2.17. The maximum Gasteiger partial charge on any atom is 0.126 e. The molecule has 1 aliphatic rings. The topological polar surface area (TPSA) is 9.23 Å². The van der Waals surface area contributed by atoms with Crippen molar-refractivity contribution in [2.24, 2.45) is 0 Å². The minimum Gasteiger partial charge on any atom is -0.493 e. The second-order valence-electron chi connectivity index (χ2n) is 4.91. The van der Waals surface area contributed by atoms with Crippen LogP contribution in [0.1, 0.15) is 55.7 Å². The van der Waals surface area contributed by atoms with Gasteiger partial charge in [0.15, 0.2) is 0 Å². The van der Waals surface area contributed by atoms with Crippen molar-refractivity contribution in [1.82, 2.24) is 0 Å². The molecule has 0 aromatic heterocycles. The highest BCUT2D eigenvalue weighted by atomic mass is 16.5. The van der Waals surface area contributed by atoms with Gasteiger partial charge in [-0.2, -0.15) is 0 Å². The Kier molecular flexibility index (Phi) is 2.72. The summed E-state index contributed by atoms with van der Waals surface area (Å²) in [6.07, 6.45) is 1.15. The quantitative estimate of drug-likeness (QED) is 0.671. The minimum atomic E-state index is 0.546. The fourth-order valence-electron chi connectivity index (χ4n) is 2.43. The zero-order valence-corrected chi connectivity index (χ0v) is 10.1. The van der Waals surface area contributed by atoms with E-state index in [0.717, 1.165) is 13.0 Å². The second-order valence-corrected chi connectivity index (χ2v) is 4.91. The van der Waals surface area contributed by atoms with Crippen LogP contribution < -0.4 is 4.74 Å². The molecule has 0 saturated carbocycles. The van der Waals surface area contributed by atoms with E-state index in [2.05, 4.69) is 39.8 Å². The Labute approximate surface area is 92.5 Å². The summed E-state index contributed by atoms with van der Waals surface area (Å²) >= 11 is 0. The molecule has 0 bridgehead atoms. The third kappa shape index (κ3) is 1.75. The molecule has 1 heteroatoms. The molecule has 1 aromatic carbocycles. The molecule has 0 amide bonds. The van der Waals surface area contributed by atoms with E-state index < -0.39 is 0 Å². The van der Waals surface area contributed by atoms with Gasteiger partial charge in [0.2, 0.25) is 0 Å². The average molecular weight is 204 g/mol. The van der Waals surface area contributed by atoms with Crippen molar-refractivity contribution >= 4 is 0 Å². The molecule has 1 unspecified atom stereocenters. The van der Waals surface area contributed by atoms with Crippen LogP contribution in [0.15, 0.2) is 12.1 Å². The highest BCUT2D eigenvalue weighted by molar-refractivity contribution is 5.50. The van der Waals surface area contributed by atoms with Gasteiger partial charge < -0.3 is 4.74 Å². The predicted molar refractivity (Wildman–Crippen MR) is 63.8 cm³/mol. The molecule has 1 aliphatic heterocycles. The molecule has 2 rings (SSSR count). The first-order valence-corrected chi connectivity index (χ1v) is 5.87. The number of fused-ring (bicyclic) bond motifs is 1. The lowest BCUT2D eigenvalue weighted by molar-refractivity contribution is 0.267. The largest absolute Gasteiger partial charge is 0.493 e. The van der Waals surface area contributed by atoms with Crippen LogP contribution in [0.2, 0.25) is 0 Å². The smallest absolute Gasteiger partial charge is 0.126 e. The number of hydrogen-bond acceptors (Lipinski definition) is 1. The van der Waals surface area contributed by atoms with Gasteiger partial charge in [0.25, 0.3) is 0 Å². The van der Waals surface area contributed by atoms with Crippen molar-refractivity contribution in [3.8, 4) is 5.75 Å². The van der Waals surface area contributed by atoms with Crippen LogP contribution in [-0.2, 0) is 0 Å². The zero-order chi connectivity index (χ0) is 11.0. The number of rotatable bonds is 1. The first-order chi connectivity index (χ1) is 7.11. The highest BCUT2D eigenvalue weighted by Gasteiger charge is 2.23. The molecule has 0 aliphatic carbocycles. The van der Waals surface area contributed by atoms with E-state index in [-0.39, 0.29) is 0 Å². The van der Waals surface area contributed by atoms with E-state index in [9.17, 15) is 0 Å². The van der Waals surface area contributed by atoms with Gasteiger partial charge in [-0.3, -0.25) is 0 Å². The summed E-state index contributed by atoms with van der Waals surface area (Å²) in [4.78, 5) is 0. The lowest BCUT2D eigenvalue weighted by Gasteiger charge is -2.28. The van der Waals surface area contributed by atoms with Crippen molar-refractivity contribution in [3.05, 3.63) is 28.8 Å². The Morgan fingerprint density at radius 1 is 1.33 bits per heavy atom. The summed E-state index contributed by atoms with van der Waals surface area (Å²) in [6, 6.07) is 4.45. The Bertz CT molecular complexity index is 366. The van der Waals surface area contributed by atoms with Gasteiger partial charge in [0, 0.05) is 5.56 Å². The SMILES string of the molecule is Cc1ccc(C(C)C)c2c1C(C)CCO2. The fourth-order valence-corrected chi connectivity index (χ4v) is 2.43. The molecule has 0 radical (unpaired) electrons. The van der Waals surface area contributed by atoms with Crippen LogP contribution in [-0.4, -0.2) is 6.61 Å². The van der Waals surface area contributed by atoms with E-state index >= 15 is 0 Å². The summed E-state index contributed by atoms with van der Waals surface area (Å²) in [5, 5.41) is 0. The van der Waals surface area contributed by atoms with Crippen LogP contribution in [0.5, 0.6) is 5.75 Å². The van der Waals surface area contributed by atoms with Gasteiger partial charge in [0.1, 0.15) is 5.75 Å². The van der Waals surface area contributed by atoms with Crippen molar-refractivity contribution in [3.63, 3.8) is 0 Å². The Morgan fingerprint density at radius 3 is 2.73 bits per heavy atom. The van der Waals surface area contributed by atoms with Gasteiger partial charge in [-0.05, 0) is 36.3 Å². The second kappa shape index (κ2) is 3.88. The molecule has 82 valence electrons. The van der Waals surface area contributed by atoms with Crippen molar-refractivity contribution in [2.75, 3.05) is 6.61 Å². The molecule has 0 spiro atoms. The lowest BCUT2D eigenvalue weighted by atomic mass is 9.87. The van der Waals surface area contributed by atoms with Gasteiger partial charge in [-0.25, -0.2) is 0 Å². The molecule has 0 saturated heterocycles. The molecule has 1 nitrogen and oxygen atoms in total. The maximum atomic E-state index is 5.87. The summed E-state index contributed by atoms with van der Waals surface area (Å²) in [5.74, 6) is 2.36. The molecule has 1 heterocycles. The monoisotopic (exact) mass is 204 g/mol. The number of benzene rings is 1. The Hall–Kier alpha value is -0.980. The standard InChI is InChI=1S/C14H20O/c1-9(2)12-6-5-10(3)13-11(4)7-8-15-14(12)13/h5-6,9,11H,7-8H2,1-4H3. The molecule has 1 aromatic rings. The van der Waals surface area contributed by atoms with Crippen LogP contribution >= 0.6 is 0 Å². The molecular formula is C14H20O. The molecule has 0 fully saturated rings. The zero-order valence-electron chi connectivity index (χ0n) is 10.1. The van der Waals surface area contributed by atoms with E-state index in [1.165, 1.54) is 22.4 Å². The van der Waals surface area contributed by atoms with Crippen molar-refractivity contribution in [1.29, 1.82) is 0 Å². The van der Waals surface area contributed by atoms with E-state index in [1.807, 2.05) is 0 Å². The number of aryl methyl sites for hydroxylation is 1. The van der Waals surface area contributed by atoms with E-state index in [1.54, 1.807) is 0 Å². The Balaban J connectivity index is 2.58. The van der Waals surface area contributed by atoms with Gasteiger partial charge in [0.05, 0.1) is 6.61 Å². The Morgan fingerprint density at radius 2 is 2.07 bits per heavy atom. The first kappa shape index (κ1) is 10.5. The summed E-state index contributed by atoms with van der Waals surface area (Å²) in [5.41, 5.74) is 4.18. The molecule has 1 atom stereocenters. The number of ether oxygens (including phenoxy) is 1. The van der Waals surface area contributed by atoms with E-state index in [4.69, 9.17) is 4.74 Å².